The van der Waals surface area contributed by atoms with Crippen molar-refractivity contribution >= 4 is 21.7 Å². The smallest absolute Gasteiger partial charge is 0.416 e. The van der Waals surface area contributed by atoms with Crippen LogP contribution in [0.15, 0.2) is 64.3 Å². The monoisotopic (exact) mass is 566 g/mol. The molecule has 0 saturated carbocycles. The van der Waals surface area contributed by atoms with Crippen LogP contribution in [-0.4, -0.2) is 44.3 Å². The van der Waals surface area contributed by atoms with E-state index >= 15 is 0 Å². The average molecular weight is 567 g/mol. The van der Waals surface area contributed by atoms with E-state index in [4.69, 9.17) is 9.47 Å². The fourth-order valence-corrected chi connectivity index (χ4v) is 4.22. The van der Waals surface area contributed by atoms with Crippen LogP contribution in [0.4, 0.5) is 13.2 Å². The number of sulfone groups is 1. The number of amides is 1. The summed E-state index contributed by atoms with van der Waals surface area (Å²) in [6, 6.07) is 11.0. The minimum Gasteiger partial charge on any atom is -0.488 e. The Labute approximate surface area is 222 Å². The third kappa shape index (κ3) is 7.47. The molecule has 0 radical (unpaired) electrons. The van der Waals surface area contributed by atoms with Gasteiger partial charge in [-0.2, -0.15) is 13.2 Å². The maximum atomic E-state index is 13.4. The van der Waals surface area contributed by atoms with E-state index in [2.05, 4.69) is 5.32 Å². The number of halogens is 3. The fourth-order valence-electron chi connectivity index (χ4n) is 3.59. The van der Waals surface area contributed by atoms with Crippen LogP contribution >= 0.6 is 0 Å². The van der Waals surface area contributed by atoms with Crippen molar-refractivity contribution in [3.05, 3.63) is 87.3 Å². The van der Waals surface area contributed by atoms with E-state index in [0.717, 1.165) is 35.1 Å². The first kappa shape index (κ1) is 29.4. The third-order valence-corrected chi connectivity index (χ3v) is 6.66. The zero-order valence-corrected chi connectivity index (χ0v) is 22.0. The Hall–Kier alpha value is -4.13. The second kappa shape index (κ2) is 11.7. The molecule has 0 aliphatic carbocycles. The Morgan fingerprint density at radius 1 is 1.03 bits per heavy atom. The van der Waals surface area contributed by atoms with Gasteiger partial charge in [0.1, 0.15) is 24.5 Å². The molecule has 1 amide bonds. The molecule has 9 nitrogen and oxygen atoms in total. The number of alkyl halides is 3. The fraction of sp³-hybridized carbons (Fsp3) is 0.269. The number of carbonyl (C=O) groups is 2. The van der Waals surface area contributed by atoms with Crippen LogP contribution in [0.5, 0.6) is 5.75 Å². The second-order valence-electron chi connectivity index (χ2n) is 8.48. The first-order valence-corrected chi connectivity index (χ1v) is 13.4. The second-order valence-corrected chi connectivity index (χ2v) is 10.5. The van der Waals surface area contributed by atoms with Gasteiger partial charge in [0.05, 0.1) is 16.2 Å². The van der Waals surface area contributed by atoms with Crippen molar-refractivity contribution in [2.24, 2.45) is 0 Å². The number of benzene rings is 2. The minimum absolute atomic E-state index is 0.0156. The summed E-state index contributed by atoms with van der Waals surface area (Å²) < 4.78 is 74.7. The van der Waals surface area contributed by atoms with Crippen LogP contribution in [0.1, 0.15) is 34.1 Å². The molecule has 0 unspecified atom stereocenters. The zero-order chi connectivity index (χ0) is 29.0. The van der Waals surface area contributed by atoms with Gasteiger partial charge >= 0.3 is 12.1 Å². The van der Waals surface area contributed by atoms with Gasteiger partial charge in [-0.1, -0.05) is 18.2 Å². The molecule has 0 atom stereocenters. The van der Waals surface area contributed by atoms with Crippen molar-refractivity contribution in [2.45, 2.75) is 31.5 Å². The highest BCUT2D eigenvalue weighted by Gasteiger charge is 2.31. The van der Waals surface area contributed by atoms with Gasteiger partial charge in [-0.15, -0.1) is 0 Å². The summed E-state index contributed by atoms with van der Waals surface area (Å²) >= 11 is 0. The Kier molecular flexibility index (Phi) is 8.85. The van der Waals surface area contributed by atoms with E-state index in [-0.39, 0.29) is 41.8 Å². The summed E-state index contributed by atoms with van der Waals surface area (Å²) in [5, 5.41) is 2.55. The highest BCUT2D eigenvalue weighted by atomic mass is 32.2. The van der Waals surface area contributed by atoms with E-state index in [0.29, 0.717) is 5.56 Å². The van der Waals surface area contributed by atoms with Gasteiger partial charge in [-0.25, -0.2) is 8.42 Å². The largest absolute Gasteiger partial charge is 0.488 e. The maximum Gasteiger partial charge on any atom is 0.416 e. The number of esters is 1. The molecule has 1 heterocycles. The molecule has 0 aliphatic heterocycles. The molecule has 0 saturated heterocycles. The van der Waals surface area contributed by atoms with Gasteiger partial charge in [0, 0.05) is 31.5 Å². The summed E-state index contributed by atoms with van der Waals surface area (Å²) in [6.07, 6.45) is -3.61. The van der Waals surface area contributed by atoms with Gasteiger partial charge in [-0.05, 0) is 42.8 Å². The molecular formula is C26H25F3N2O7S. The number of aromatic nitrogens is 1. The number of carbonyl (C=O) groups excluding carboxylic acids is 2. The summed E-state index contributed by atoms with van der Waals surface area (Å²) in [5.41, 5.74) is -1.76. The SMILES string of the molecule is CC(=O)OCCOc1cc(C(=O)NCc2ccc(S(C)(=O)=O)cc2)c(=O)n(-c2cccc(C(F)(F)F)c2)c1C. The Morgan fingerprint density at radius 3 is 2.28 bits per heavy atom. The lowest BCUT2D eigenvalue weighted by Crippen LogP contribution is -2.33. The van der Waals surface area contributed by atoms with Crippen LogP contribution in [0.2, 0.25) is 0 Å². The van der Waals surface area contributed by atoms with Gasteiger partial charge in [0.15, 0.2) is 9.84 Å². The molecule has 0 fully saturated rings. The summed E-state index contributed by atoms with van der Waals surface area (Å²) in [4.78, 5) is 37.5. The molecule has 3 rings (SSSR count). The molecule has 2 aromatic carbocycles. The van der Waals surface area contributed by atoms with Crippen molar-refractivity contribution < 1.29 is 40.7 Å². The molecule has 13 heteroatoms. The third-order valence-electron chi connectivity index (χ3n) is 5.53. The van der Waals surface area contributed by atoms with Crippen LogP contribution in [-0.2, 0) is 32.1 Å². The van der Waals surface area contributed by atoms with Crippen molar-refractivity contribution in [2.75, 3.05) is 19.5 Å². The quantitative estimate of drug-likeness (QED) is 0.311. The van der Waals surface area contributed by atoms with E-state index in [1.165, 1.54) is 44.2 Å². The Bertz CT molecular complexity index is 1550. The number of pyridine rings is 1. The van der Waals surface area contributed by atoms with E-state index in [9.17, 15) is 36.0 Å². The average Bonchev–Trinajstić information content (AvgIpc) is 2.85. The molecule has 0 bridgehead atoms. The first-order chi connectivity index (χ1) is 18.2. The lowest BCUT2D eigenvalue weighted by atomic mass is 10.1. The Morgan fingerprint density at radius 2 is 1.69 bits per heavy atom. The molecule has 3 aromatic rings. The van der Waals surface area contributed by atoms with Crippen LogP contribution < -0.4 is 15.6 Å². The highest BCUT2D eigenvalue weighted by Crippen LogP contribution is 2.31. The first-order valence-electron chi connectivity index (χ1n) is 11.5. The predicted octanol–water partition coefficient (Wildman–Crippen LogP) is 3.44. The van der Waals surface area contributed by atoms with E-state index in [1.807, 2.05) is 0 Å². The maximum absolute atomic E-state index is 13.4. The van der Waals surface area contributed by atoms with Crippen molar-refractivity contribution in [3.8, 4) is 11.4 Å². The molecule has 39 heavy (non-hydrogen) atoms. The minimum atomic E-state index is -4.67. The lowest BCUT2D eigenvalue weighted by Gasteiger charge is -2.18. The number of ether oxygens (including phenoxy) is 2. The molecule has 208 valence electrons. The van der Waals surface area contributed by atoms with Crippen LogP contribution in [0.25, 0.3) is 5.69 Å². The van der Waals surface area contributed by atoms with Gasteiger partial charge in [0.2, 0.25) is 0 Å². The number of nitrogens with zero attached hydrogens (tertiary/aromatic N) is 1. The molecular weight excluding hydrogens is 541 g/mol. The topological polar surface area (TPSA) is 121 Å². The summed E-state index contributed by atoms with van der Waals surface area (Å²) in [5.74, 6) is -1.37. The van der Waals surface area contributed by atoms with Crippen molar-refractivity contribution in [3.63, 3.8) is 0 Å². The standard InChI is InChI=1S/C26H25F3N2O7S/c1-16-23(38-12-11-37-17(2)32)14-22(24(33)30-15-18-7-9-21(10-8-18)39(3,35)36)25(34)31(16)20-6-4-5-19(13-20)26(27,28)29/h4-10,13-14H,11-12,15H2,1-3H3,(H,30,33). The van der Waals surface area contributed by atoms with Crippen molar-refractivity contribution in [1.82, 2.24) is 9.88 Å². The molecule has 0 aliphatic rings. The van der Waals surface area contributed by atoms with Gasteiger partial charge in [0.25, 0.3) is 11.5 Å². The number of rotatable bonds is 9. The normalized spacial score (nSPS) is 11.6. The van der Waals surface area contributed by atoms with Crippen LogP contribution in [0.3, 0.4) is 0 Å². The van der Waals surface area contributed by atoms with Gasteiger partial charge in [-0.3, -0.25) is 19.0 Å². The predicted molar refractivity (Wildman–Crippen MR) is 135 cm³/mol. The molecule has 0 spiro atoms. The molecule has 1 N–H and O–H groups in total. The lowest BCUT2D eigenvalue weighted by molar-refractivity contribution is -0.141. The van der Waals surface area contributed by atoms with Crippen molar-refractivity contribution in [1.29, 1.82) is 0 Å². The van der Waals surface area contributed by atoms with Crippen LogP contribution in [0, 0.1) is 6.92 Å². The summed E-state index contributed by atoms with van der Waals surface area (Å²) in [7, 11) is -3.41. The van der Waals surface area contributed by atoms with E-state index < -0.39 is 44.6 Å². The number of nitrogens with one attached hydrogen (secondary N) is 1. The van der Waals surface area contributed by atoms with Gasteiger partial charge < -0.3 is 14.8 Å². The zero-order valence-electron chi connectivity index (χ0n) is 21.2. The summed E-state index contributed by atoms with van der Waals surface area (Å²) in [6.45, 7) is 2.30. The number of hydrogen-bond acceptors (Lipinski definition) is 7. The highest BCUT2D eigenvalue weighted by molar-refractivity contribution is 7.90. The molecule has 1 aromatic heterocycles. The van der Waals surface area contributed by atoms with E-state index in [1.54, 1.807) is 0 Å². The number of hydrogen-bond donors (Lipinski definition) is 1. The Balaban J connectivity index is 1.98.